The first-order valence-electron chi connectivity index (χ1n) is 12.2. The van der Waals surface area contributed by atoms with Gasteiger partial charge in [0.1, 0.15) is 23.2 Å². The van der Waals surface area contributed by atoms with Crippen LogP contribution in [0.15, 0.2) is 66.7 Å². The number of hydrogen-bond donors (Lipinski definition) is 1. The monoisotopic (exact) mass is 471 g/mol. The summed E-state index contributed by atoms with van der Waals surface area (Å²) in [6, 6.07) is 11.5. The Morgan fingerprint density at radius 2 is 1.91 bits per heavy atom. The standard InChI is InChI=1S/C29H33N3O3/c1-28(2)13-6-15-32(28)27(33)20-9-7-19(8-10-20)24-18-23-26(35-24)22(12-16-31(23)5)21-11-14-30-25(17-21)29(3,4)34/h7-12,14,16-18,23,34H,6,13,15H2,1-5H3. The molecule has 4 heterocycles. The van der Waals surface area contributed by atoms with Crippen LogP contribution in [0, 0.1) is 0 Å². The van der Waals surface area contributed by atoms with Crippen molar-refractivity contribution in [1.82, 2.24) is 14.8 Å². The van der Waals surface area contributed by atoms with Crippen molar-refractivity contribution in [3.63, 3.8) is 0 Å². The number of fused-ring (bicyclic) bond motifs is 1. The number of aromatic nitrogens is 1. The van der Waals surface area contributed by atoms with Crippen LogP contribution in [0.4, 0.5) is 0 Å². The number of likely N-dealkylation sites (N-methyl/N-ethyl adjacent to an activating group) is 1. The SMILES string of the molecule is CN1C=CC(c2ccnc(C(C)(C)O)c2)=C2OC(c3ccc(C(=O)N4CCCC4(C)C)cc3)=CC21. The summed E-state index contributed by atoms with van der Waals surface area (Å²) in [6.45, 7) is 8.54. The van der Waals surface area contributed by atoms with Gasteiger partial charge in [0.2, 0.25) is 0 Å². The lowest BCUT2D eigenvalue weighted by atomic mass is 9.96. The van der Waals surface area contributed by atoms with E-state index in [2.05, 4.69) is 29.8 Å². The van der Waals surface area contributed by atoms with Gasteiger partial charge in [-0.05, 0) is 82.5 Å². The fraction of sp³-hybridized carbons (Fsp3) is 0.379. The number of likely N-dealkylation sites (tertiary alicyclic amines) is 1. The topological polar surface area (TPSA) is 65.9 Å². The number of ether oxygens (including phenoxy) is 1. The number of hydrogen-bond acceptors (Lipinski definition) is 5. The van der Waals surface area contributed by atoms with Crippen LogP contribution in [0.2, 0.25) is 0 Å². The molecule has 1 unspecified atom stereocenters. The number of benzene rings is 1. The summed E-state index contributed by atoms with van der Waals surface area (Å²) < 4.78 is 6.42. The smallest absolute Gasteiger partial charge is 0.254 e. The average molecular weight is 472 g/mol. The van der Waals surface area contributed by atoms with E-state index in [1.165, 1.54) is 0 Å². The Morgan fingerprint density at radius 1 is 1.17 bits per heavy atom. The summed E-state index contributed by atoms with van der Waals surface area (Å²) in [4.78, 5) is 21.5. The highest BCUT2D eigenvalue weighted by Crippen LogP contribution is 2.39. The molecule has 0 spiro atoms. The van der Waals surface area contributed by atoms with E-state index in [1.54, 1.807) is 20.0 Å². The summed E-state index contributed by atoms with van der Waals surface area (Å²) in [5.41, 5.74) is 3.04. The molecule has 0 aliphatic carbocycles. The summed E-state index contributed by atoms with van der Waals surface area (Å²) in [7, 11) is 2.02. The van der Waals surface area contributed by atoms with Gasteiger partial charge in [0.15, 0.2) is 0 Å². The van der Waals surface area contributed by atoms with Gasteiger partial charge in [-0.1, -0.05) is 12.1 Å². The maximum absolute atomic E-state index is 13.1. The number of carbonyl (C=O) groups excluding carboxylic acids is 1. The predicted molar refractivity (Wildman–Crippen MR) is 137 cm³/mol. The van der Waals surface area contributed by atoms with Crippen LogP contribution in [0.25, 0.3) is 11.3 Å². The van der Waals surface area contributed by atoms with Gasteiger partial charge in [-0.3, -0.25) is 9.78 Å². The van der Waals surface area contributed by atoms with Gasteiger partial charge >= 0.3 is 0 Å². The zero-order valence-electron chi connectivity index (χ0n) is 21.1. The first kappa shape index (κ1) is 23.4. The third-order valence-corrected chi connectivity index (χ3v) is 7.24. The molecule has 1 fully saturated rings. The Kier molecular flexibility index (Phi) is 5.59. The molecule has 3 aliphatic heterocycles. The molecule has 1 N–H and O–H groups in total. The number of aliphatic hydroxyl groups is 1. The van der Waals surface area contributed by atoms with E-state index in [0.29, 0.717) is 11.3 Å². The highest BCUT2D eigenvalue weighted by atomic mass is 16.5. The van der Waals surface area contributed by atoms with E-state index < -0.39 is 5.60 Å². The minimum Gasteiger partial charge on any atom is -0.458 e. The van der Waals surface area contributed by atoms with Crippen LogP contribution in [0.5, 0.6) is 0 Å². The van der Waals surface area contributed by atoms with Gasteiger partial charge in [0.05, 0.1) is 5.69 Å². The Hall–Kier alpha value is -3.38. The Morgan fingerprint density at radius 3 is 2.57 bits per heavy atom. The molecule has 2 aromatic rings. The highest BCUT2D eigenvalue weighted by molar-refractivity contribution is 5.95. The molecule has 6 nitrogen and oxygen atoms in total. The summed E-state index contributed by atoms with van der Waals surface area (Å²) in [5, 5.41) is 10.4. The summed E-state index contributed by atoms with van der Waals surface area (Å²) >= 11 is 0. The van der Waals surface area contributed by atoms with Crippen molar-refractivity contribution in [2.45, 2.75) is 57.7 Å². The van der Waals surface area contributed by atoms with E-state index in [9.17, 15) is 9.90 Å². The van der Waals surface area contributed by atoms with Crippen molar-refractivity contribution in [2.24, 2.45) is 0 Å². The van der Waals surface area contributed by atoms with E-state index >= 15 is 0 Å². The first-order chi connectivity index (χ1) is 16.5. The van der Waals surface area contributed by atoms with Crippen molar-refractivity contribution >= 4 is 17.2 Å². The molecule has 0 bridgehead atoms. The molecule has 1 aromatic heterocycles. The van der Waals surface area contributed by atoms with Crippen LogP contribution in [0.1, 0.15) is 67.7 Å². The van der Waals surface area contributed by atoms with Crippen LogP contribution in [0.3, 0.4) is 0 Å². The van der Waals surface area contributed by atoms with Gasteiger partial charge < -0.3 is 19.6 Å². The van der Waals surface area contributed by atoms with E-state index in [4.69, 9.17) is 4.74 Å². The maximum Gasteiger partial charge on any atom is 0.254 e. The molecule has 5 rings (SSSR count). The number of pyridine rings is 1. The second-order valence-electron chi connectivity index (χ2n) is 10.8. The summed E-state index contributed by atoms with van der Waals surface area (Å²) in [5.74, 6) is 1.70. The van der Waals surface area contributed by atoms with Gasteiger partial charge in [0, 0.05) is 48.2 Å². The molecule has 1 amide bonds. The third kappa shape index (κ3) is 4.27. The molecule has 1 aromatic carbocycles. The average Bonchev–Trinajstić information content (AvgIpc) is 3.42. The molecule has 6 heteroatoms. The van der Waals surface area contributed by atoms with E-state index in [1.807, 2.05) is 60.6 Å². The van der Waals surface area contributed by atoms with Gasteiger partial charge in [-0.15, -0.1) is 0 Å². The molecule has 182 valence electrons. The number of carbonyl (C=O) groups is 1. The Labute approximate surface area is 207 Å². The third-order valence-electron chi connectivity index (χ3n) is 7.24. The second kappa shape index (κ2) is 8.38. The van der Waals surface area contributed by atoms with E-state index in [0.717, 1.165) is 47.6 Å². The van der Waals surface area contributed by atoms with Crippen LogP contribution >= 0.6 is 0 Å². The first-order valence-corrected chi connectivity index (χ1v) is 12.2. The van der Waals surface area contributed by atoms with Crippen LogP contribution in [-0.2, 0) is 10.3 Å². The Bertz CT molecular complexity index is 1250. The van der Waals surface area contributed by atoms with Crippen molar-refractivity contribution in [2.75, 3.05) is 13.6 Å². The number of rotatable bonds is 4. The maximum atomic E-state index is 13.1. The fourth-order valence-corrected chi connectivity index (χ4v) is 5.06. The zero-order valence-corrected chi connectivity index (χ0v) is 21.1. The molecule has 0 radical (unpaired) electrons. The zero-order chi connectivity index (χ0) is 25.0. The lowest BCUT2D eigenvalue weighted by Gasteiger charge is -2.31. The van der Waals surface area contributed by atoms with Crippen molar-refractivity contribution < 1.29 is 14.6 Å². The lowest BCUT2D eigenvalue weighted by molar-refractivity contribution is 0.0651. The number of nitrogens with zero attached hydrogens (tertiary/aromatic N) is 3. The normalized spacial score (nSPS) is 21.2. The van der Waals surface area contributed by atoms with Crippen molar-refractivity contribution in [1.29, 1.82) is 0 Å². The Balaban J connectivity index is 1.42. The molecular formula is C29H33N3O3. The minimum atomic E-state index is -1.03. The largest absolute Gasteiger partial charge is 0.458 e. The number of amides is 1. The fourth-order valence-electron chi connectivity index (χ4n) is 5.06. The minimum absolute atomic E-state index is 0.0320. The molecule has 1 saturated heterocycles. The molecule has 35 heavy (non-hydrogen) atoms. The van der Waals surface area contributed by atoms with Gasteiger partial charge in [-0.2, -0.15) is 0 Å². The molecule has 0 saturated carbocycles. The second-order valence-corrected chi connectivity index (χ2v) is 10.8. The lowest BCUT2D eigenvalue weighted by Crippen LogP contribution is -2.42. The molecule has 1 atom stereocenters. The highest BCUT2D eigenvalue weighted by Gasteiger charge is 2.36. The summed E-state index contributed by atoms with van der Waals surface area (Å²) in [6.07, 6.45) is 9.98. The van der Waals surface area contributed by atoms with Crippen LogP contribution < -0.4 is 0 Å². The molecular weight excluding hydrogens is 438 g/mol. The van der Waals surface area contributed by atoms with Crippen molar-refractivity contribution in [3.05, 3.63) is 89.1 Å². The van der Waals surface area contributed by atoms with Crippen molar-refractivity contribution in [3.8, 4) is 0 Å². The van der Waals surface area contributed by atoms with Gasteiger partial charge in [0.25, 0.3) is 5.91 Å². The predicted octanol–water partition coefficient (Wildman–Crippen LogP) is 4.93. The quantitative estimate of drug-likeness (QED) is 0.685. The van der Waals surface area contributed by atoms with Crippen LogP contribution in [-0.4, -0.2) is 51.0 Å². The van der Waals surface area contributed by atoms with E-state index in [-0.39, 0.29) is 17.5 Å². The number of allylic oxidation sites excluding steroid dienone is 2. The molecule has 3 aliphatic rings. The van der Waals surface area contributed by atoms with Gasteiger partial charge in [-0.25, -0.2) is 0 Å².